The number of nitrogens with zero attached hydrogens (tertiary/aromatic N) is 3. The molecule has 0 fully saturated rings. The van der Waals surface area contributed by atoms with Gasteiger partial charge in [-0.15, -0.1) is 0 Å². The van der Waals surface area contributed by atoms with Crippen LogP contribution in [0.4, 0.5) is 4.39 Å². The summed E-state index contributed by atoms with van der Waals surface area (Å²) in [6.07, 6.45) is 6.63. The number of halogens is 1. The first kappa shape index (κ1) is 24.1. The van der Waals surface area contributed by atoms with Gasteiger partial charge in [-0.25, -0.2) is 14.4 Å². The van der Waals surface area contributed by atoms with Crippen molar-refractivity contribution in [1.82, 2.24) is 10.3 Å². The van der Waals surface area contributed by atoms with Crippen LogP contribution in [0.25, 0.3) is 0 Å². The van der Waals surface area contributed by atoms with E-state index in [1.165, 1.54) is 31.5 Å². The number of rotatable bonds is 10. The summed E-state index contributed by atoms with van der Waals surface area (Å²) in [5.41, 5.74) is 2.62. The Kier molecular flexibility index (Phi) is 8.25. The van der Waals surface area contributed by atoms with E-state index in [-0.39, 0.29) is 35.4 Å². The summed E-state index contributed by atoms with van der Waals surface area (Å²) in [5, 5.41) is 12.7. The fourth-order valence-corrected chi connectivity index (χ4v) is 4.06. The lowest BCUT2D eigenvalue weighted by atomic mass is 9.84. The van der Waals surface area contributed by atoms with Gasteiger partial charge >= 0.3 is 0 Å². The molecule has 8 heteroatoms. The Labute approximate surface area is 192 Å². The Morgan fingerprint density at radius 2 is 2.03 bits per heavy atom. The van der Waals surface area contributed by atoms with Crippen LogP contribution in [0.3, 0.4) is 0 Å². The third kappa shape index (κ3) is 6.45. The fraction of sp³-hybridized carbons (Fsp3) is 0.400. The zero-order valence-corrected chi connectivity index (χ0v) is 18.8. The fourth-order valence-electron chi connectivity index (χ4n) is 4.06. The third-order valence-electron chi connectivity index (χ3n) is 5.64. The van der Waals surface area contributed by atoms with Crippen molar-refractivity contribution < 1.29 is 18.4 Å². The van der Waals surface area contributed by atoms with Gasteiger partial charge in [-0.3, -0.25) is 9.59 Å². The molecule has 1 amide bonds. The quantitative estimate of drug-likeness (QED) is 0.415. The number of Topliss-reactive ketones (excluding diaryl/α,β-unsaturated/α-hetero) is 1. The minimum absolute atomic E-state index is 0.0113. The Morgan fingerprint density at radius 1 is 1.27 bits per heavy atom. The second kappa shape index (κ2) is 11.3. The lowest BCUT2D eigenvalue weighted by molar-refractivity contribution is -0.119. The van der Waals surface area contributed by atoms with Crippen molar-refractivity contribution in [3.63, 3.8) is 0 Å². The van der Waals surface area contributed by atoms with E-state index in [0.29, 0.717) is 31.4 Å². The molecule has 1 N–H and O–H groups in total. The second-order valence-corrected chi connectivity index (χ2v) is 8.21. The highest BCUT2D eigenvalue weighted by atomic mass is 19.1. The molecule has 172 valence electrons. The maximum Gasteiger partial charge on any atom is 0.263 e. The van der Waals surface area contributed by atoms with E-state index >= 15 is 0 Å². The molecule has 0 radical (unpaired) electrons. The molecule has 2 heterocycles. The first-order chi connectivity index (χ1) is 15.9. The highest BCUT2D eigenvalue weighted by molar-refractivity contribution is 6.03. The van der Waals surface area contributed by atoms with Gasteiger partial charge in [-0.1, -0.05) is 31.9 Å². The Morgan fingerprint density at radius 3 is 2.67 bits per heavy atom. The van der Waals surface area contributed by atoms with Gasteiger partial charge < -0.3 is 9.73 Å². The average Bonchev–Trinajstić information content (AvgIpc) is 3.33. The zero-order chi connectivity index (χ0) is 23.8. The Hall–Kier alpha value is -3.60. The van der Waals surface area contributed by atoms with Gasteiger partial charge in [-0.05, 0) is 42.5 Å². The zero-order valence-electron chi connectivity index (χ0n) is 18.8. The summed E-state index contributed by atoms with van der Waals surface area (Å²) in [5.74, 6) is -0.493. The van der Waals surface area contributed by atoms with Crippen molar-refractivity contribution in [2.24, 2.45) is 10.9 Å². The van der Waals surface area contributed by atoms with Crippen molar-refractivity contribution >= 4 is 17.4 Å². The first-order valence-electron chi connectivity index (χ1n) is 11.1. The van der Waals surface area contributed by atoms with Crippen LogP contribution >= 0.6 is 0 Å². The Balaban J connectivity index is 1.68. The molecular formula is C25H27FN4O3. The molecule has 1 aromatic heterocycles. The maximum atomic E-state index is 13.3. The minimum Gasteiger partial charge on any atom is -0.442 e. The van der Waals surface area contributed by atoms with Crippen LogP contribution in [0.15, 0.2) is 57.4 Å². The van der Waals surface area contributed by atoms with Crippen LogP contribution in [-0.4, -0.2) is 28.4 Å². The number of aromatic nitrogens is 1. The molecule has 1 aliphatic rings. The number of ketones is 1. The van der Waals surface area contributed by atoms with Gasteiger partial charge in [-0.2, -0.15) is 5.26 Å². The smallest absolute Gasteiger partial charge is 0.263 e. The van der Waals surface area contributed by atoms with Crippen LogP contribution < -0.4 is 5.32 Å². The number of carbonyl (C=O) groups is 2. The molecule has 7 nitrogen and oxygen atoms in total. The monoisotopic (exact) mass is 450 g/mol. The van der Waals surface area contributed by atoms with Crippen LogP contribution in [0.5, 0.6) is 0 Å². The van der Waals surface area contributed by atoms with E-state index in [2.05, 4.69) is 21.4 Å². The van der Waals surface area contributed by atoms with Crippen molar-refractivity contribution in [1.29, 1.82) is 5.26 Å². The number of carbonyl (C=O) groups excluding carboxylic acids is 2. The van der Waals surface area contributed by atoms with Crippen LogP contribution in [0, 0.1) is 23.1 Å². The van der Waals surface area contributed by atoms with Gasteiger partial charge in [0.2, 0.25) is 11.7 Å². The second-order valence-electron chi connectivity index (χ2n) is 8.21. The number of amides is 1. The molecule has 0 saturated heterocycles. The largest absolute Gasteiger partial charge is 0.442 e. The molecule has 1 aliphatic heterocycles. The first-order valence-corrected chi connectivity index (χ1v) is 11.1. The molecule has 0 spiro atoms. The molecule has 2 unspecified atom stereocenters. The lowest BCUT2D eigenvalue weighted by Gasteiger charge is -2.28. The highest BCUT2D eigenvalue weighted by Crippen LogP contribution is 2.31. The SMILES string of the molecule is CC(=O)NC(CCCCCC(=O)c1ncco1)C1=C(C#N)N=C(c2ccc(F)cc2)C(C)C1. The lowest BCUT2D eigenvalue weighted by Crippen LogP contribution is -2.37. The molecule has 0 bridgehead atoms. The number of aliphatic imine (C=N–C) groups is 1. The van der Waals surface area contributed by atoms with E-state index < -0.39 is 0 Å². The molecular weight excluding hydrogens is 423 g/mol. The van der Waals surface area contributed by atoms with E-state index in [1.807, 2.05) is 6.92 Å². The van der Waals surface area contributed by atoms with Crippen molar-refractivity contribution in [2.75, 3.05) is 0 Å². The molecule has 33 heavy (non-hydrogen) atoms. The maximum absolute atomic E-state index is 13.3. The van der Waals surface area contributed by atoms with E-state index in [0.717, 1.165) is 29.7 Å². The van der Waals surface area contributed by atoms with Crippen molar-refractivity contribution in [3.05, 3.63) is 65.3 Å². The van der Waals surface area contributed by atoms with E-state index in [1.54, 1.807) is 12.1 Å². The molecule has 2 aromatic rings. The molecule has 1 aromatic carbocycles. The molecule has 0 aliphatic carbocycles. The van der Waals surface area contributed by atoms with E-state index in [9.17, 15) is 19.2 Å². The summed E-state index contributed by atoms with van der Waals surface area (Å²) in [6.45, 7) is 3.46. The third-order valence-corrected chi connectivity index (χ3v) is 5.64. The van der Waals surface area contributed by atoms with Gasteiger partial charge in [0.1, 0.15) is 23.8 Å². The number of benzene rings is 1. The van der Waals surface area contributed by atoms with Gasteiger partial charge in [0, 0.05) is 19.3 Å². The number of allylic oxidation sites excluding steroid dienone is 1. The summed E-state index contributed by atoms with van der Waals surface area (Å²) in [4.78, 5) is 32.3. The van der Waals surface area contributed by atoms with Gasteiger partial charge in [0.15, 0.2) is 0 Å². The number of oxazole rings is 1. The summed E-state index contributed by atoms with van der Waals surface area (Å²) in [7, 11) is 0. The normalized spacial score (nSPS) is 16.7. The number of unbranched alkanes of at least 4 members (excludes halogenated alkanes) is 2. The predicted octanol–water partition coefficient (Wildman–Crippen LogP) is 4.76. The number of nitriles is 1. The number of hydrogen-bond donors (Lipinski definition) is 1. The summed E-state index contributed by atoms with van der Waals surface area (Å²) >= 11 is 0. The van der Waals surface area contributed by atoms with Crippen LogP contribution in [0.2, 0.25) is 0 Å². The molecule has 3 rings (SSSR count). The molecule has 2 atom stereocenters. The van der Waals surface area contributed by atoms with Crippen LogP contribution in [0.1, 0.15) is 68.6 Å². The van der Waals surface area contributed by atoms with E-state index in [4.69, 9.17) is 4.42 Å². The summed E-state index contributed by atoms with van der Waals surface area (Å²) < 4.78 is 18.3. The van der Waals surface area contributed by atoms with Gasteiger partial charge in [0.25, 0.3) is 5.89 Å². The topological polar surface area (TPSA) is 108 Å². The Bertz CT molecular complexity index is 1080. The minimum atomic E-state index is -0.326. The predicted molar refractivity (Wildman–Crippen MR) is 121 cm³/mol. The average molecular weight is 451 g/mol. The van der Waals surface area contributed by atoms with Crippen molar-refractivity contribution in [2.45, 2.75) is 58.4 Å². The van der Waals surface area contributed by atoms with Crippen molar-refractivity contribution in [3.8, 4) is 6.07 Å². The van der Waals surface area contributed by atoms with Crippen LogP contribution in [-0.2, 0) is 4.79 Å². The number of nitrogens with one attached hydrogen (secondary N) is 1. The number of hydrogen-bond acceptors (Lipinski definition) is 6. The standard InChI is InChI=1S/C25H27FN4O3/c1-16-14-20(22(15-27)30-24(16)18-8-10-19(26)11-9-18)21(29-17(2)31)6-4-3-5-7-23(32)25-28-12-13-33-25/h8-13,16,21H,3-7,14H2,1-2H3,(H,29,31). The molecule has 0 saturated carbocycles. The summed E-state index contributed by atoms with van der Waals surface area (Å²) in [6, 6.07) is 7.95. The van der Waals surface area contributed by atoms with Gasteiger partial charge in [0.05, 0.1) is 18.0 Å². The highest BCUT2D eigenvalue weighted by Gasteiger charge is 2.28.